The molecule has 0 aromatic heterocycles. The minimum atomic E-state index is -3.36. The first-order valence-corrected chi connectivity index (χ1v) is 10.6. The fourth-order valence-electron chi connectivity index (χ4n) is 4.17. The van der Waals surface area contributed by atoms with Gasteiger partial charge in [0.1, 0.15) is 17.4 Å². The number of carbonyl (C=O) groups excluding carboxylic acids is 3. The second kappa shape index (κ2) is 13.1. The highest BCUT2D eigenvalue weighted by molar-refractivity contribution is 7.59. The third-order valence-corrected chi connectivity index (χ3v) is 6.05. The Hall–Kier alpha value is -2.41. The van der Waals surface area contributed by atoms with Gasteiger partial charge in [-0.1, -0.05) is 13.0 Å². The third kappa shape index (κ3) is 6.63. The zero-order chi connectivity index (χ0) is 24.3. The summed E-state index contributed by atoms with van der Waals surface area (Å²) in [5.41, 5.74) is -1.13. The Bertz CT molecular complexity index is 1020. The van der Waals surface area contributed by atoms with Gasteiger partial charge in [-0.25, -0.2) is 17.6 Å². The van der Waals surface area contributed by atoms with Crippen molar-refractivity contribution in [3.8, 4) is 0 Å². The lowest BCUT2D eigenvalue weighted by Crippen LogP contribution is -2.48. The maximum atomic E-state index is 14.3. The first-order chi connectivity index (χ1) is 15.6. The molecule has 0 unspecified atom stereocenters. The topological polar surface area (TPSA) is 91.2 Å². The SMILES string of the molecule is CC[C@H](NC(=O)C(=O)N1CC[C@H](C(=O)Cc2ccc(F)c(C(F)F)c2F)[C@@H]1C)C1=CCN=N1.S.S. The molecule has 1 aromatic carbocycles. The van der Waals surface area contributed by atoms with E-state index >= 15 is 0 Å². The lowest BCUT2D eigenvalue weighted by molar-refractivity contribution is -0.147. The summed E-state index contributed by atoms with van der Waals surface area (Å²) in [6.07, 6.45) is -1.39. The quantitative estimate of drug-likeness (QED) is 0.425. The summed E-state index contributed by atoms with van der Waals surface area (Å²) in [6, 6.07) is 0.548. The number of carbonyl (C=O) groups is 3. The van der Waals surface area contributed by atoms with E-state index < -0.39 is 65.6 Å². The number of azo groups is 1. The van der Waals surface area contributed by atoms with E-state index in [1.807, 2.05) is 6.92 Å². The third-order valence-electron chi connectivity index (χ3n) is 6.05. The zero-order valence-electron chi connectivity index (χ0n) is 19.2. The second-order valence-corrected chi connectivity index (χ2v) is 8.00. The molecule has 2 amide bonds. The average Bonchev–Trinajstić information content (AvgIpc) is 3.43. The van der Waals surface area contributed by atoms with Crippen molar-refractivity contribution in [2.45, 2.75) is 51.6 Å². The van der Waals surface area contributed by atoms with E-state index in [-0.39, 0.29) is 45.5 Å². The van der Waals surface area contributed by atoms with Crippen LogP contribution in [-0.2, 0) is 20.8 Å². The molecule has 3 atom stereocenters. The van der Waals surface area contributed by atoms with Crippen LogP contribution in [0.2, 0.25) is 0 Å². The first-order valence-electron chi connectivity index (χ1n) is 10.6. The van der Waals surface area contributed by atoms with Crippen LogP contribution in [0.4, 0.5) is 17.6 Å². The van der Waals surface area contributed by atoms with Crippen LogP contribution in [0.15, 0.2) is 34.1 Å². The van der Waals surface area contributed by atoms with Crippen molar-refractivity contribution in [1.29, 1.82) is 0 Å². The van der Waals surface area contributed by atoms with Gasteiger partial charge in [0.15, 0.2) is 0 Å². The van der Waals surface area contributed by atoms with Crippen LogP contribution >= 0.6 is 27.0 Å². The van der Waals surface area contributed by atoms with Crippen LogP contribution in [0.5, 0.6) is 0 Å². The number of amides is 2. The van der Waals surface area contributed by atoms with Gasteiger partial charge in [-0.3, -0.25) is 14.4 Å². The van der Waals surface area contributed by atoms with Crippen molar-refractivity contribution >= 4 is 44.6 Å². The molecular formula is C22H28F4N4O3S2. The van der Waals surface area contributed by atoms with Gasteiger partial charge in [0.05, 0.1) is 23.8 Å². The Labute approximate surface area is 214 Å². The molecule has 0 aliphatic carbocycles. The molecule has 13 heteroatoms. The van der Waals surface area contributed by atoms with E-state index in [1.54, 1.807) is 13.0 Å². The molecule has 0 saturated carbocycles. The fraction of sp³-hybridized carbons (Fsp3) is 0.500. The number of Topliss-reactive ketones (excluding diaryl/α,β-unsaturated/α-hetero) is 1. The van der Waals surface area contributed by atoms with Crippen molar-refractivity contribution in [1.82, 2.24) is 10.2 Å². The maximum absolute atomic E-state index is 14.3. The second-order valence-electron chi connectivity index (χ2n) is 8.00. The van der Waals surface area contributed by atoms with E-state index in [4.69, 9.17) is 0 Å². The average molecular weight is 537 g/mol. The molecule has 35 heavy (non-hydrogen) atoms. The summed E-state index contributed by atoms with van der Waals surface area (Å²) in [4.78, 5) is 39.2. The van der Waals surface area contributed by atoms with Gasteiger partial charge >= 0.3 is 11.8 Å². The van der Waals surface area contributed by atoms with E-state index in [0.29, 0.717) is 24.7 Å². The summed E-state index contributed by atoms with van der Waals surface area (Å²) in [5, 5.41) is 10.4. The minimum absolute atomic E-state index is 0. The van der Waals surface area contributed by atoms with Crippen LogP contribution < -0.4 is 5.32 Å². The minimum Gasteiger partial charge on any atom is -0.339 e. The van der Waals surface area contributed by atoms with Crippen molar-refractivity contribution in [3.63, 3.8) is 0 Å². The largest absolute Gasteiger partial charge is 0.339 e. The zero-order valence-corrected chi connectivity index (χ0v) is 21.2. The Morgan fingerprint density at radius 2 is 1.89 bits per heavy atom. The summed E-state index contributed by atoms with van der Waals surface area (Å²) in [5.74, 6) is -5.66. The molecule has 7 nitrogen and oxygen atoms in total. The van der Waals surface area contributed by atoms with Gasteiger partial charge in [-0.2, -0.15) is 37.2 Å². The molecule has 2 aliphatic heterocycles. The van der Waals surface area contributed by atoms with Crippen LogP contribution in [-0.4, -0.2) is 47.7 Å². The van der Waals surface area contributed by atoms with E-state index in [2.05, 4.69) is 15.5 Å². The normalized spacial score (nSPS) is 19.6. The lowest BCUT2D eigenvalue weighted by atomic mass is 9.91. The summed E-state index contributed by atoms with van der Waals surface area (Å²) in [7, 11) is 0. The molecule has 0 radical (unpaired) electrons. The smallest absolute Gasteiger partial charge is 0.312 e. The van der Waals surface area contributed by atoms with Gasteiger partial charge in [0, 0.05) is 24.9 Å². The number of ketones is 1. The first kappa shape index (κ1) is 30.6. The highest BCUT2D eigenvalue weighted by Crippen LogP contribution is 2.30. The Balaban J connectivity index is 0.00000306. The lowest BCUT2D eigenvalue weighted by Gasteiger charge is -2.25. The number of hydrogen-bond acceptors (Lipinski definition) is 5. The van der Waals surface area contributed by atoms with Gasteiger partial charge < -0.3 is 10.2 Å². The standard InChI is InChI=1S/C22H24F4N4O3.2H2S/c1-3-15(16-6-8-27-29-16)28-21(32)22(33)30-9-7-13(11(30)2)17(31)10-12-4-5-14(23)18(19(12)24)20(25)26;;/h4-6,11,13,15,20H,3,7-10H2,1-2H3,(H,28,32);2*1H2/t11-,13-,15-;;/m0../s1. The number of hydrogen-bond donors (Lipinski definition) is 1. The summed E-state index contributed by atoms with van der Waals surface area (Å²) < 4.78 is 53.7. The predicted molar refractivity (Wildman–Crippen MR) is 130 cm³/mol. The van der Waals surface area contributed by atoms with Gasteiger partial charge in [0.25, 0.3) is 6.43 Å². The number of nitrogens with zero attached hydrogens (tertiary/aromatic N) is 3. The van der Waals surface area contributed by atoms with Crippen LogP contribution in [0.25, 0.3) is 0 Å². The summed E-state index contributed by atoms with van der Waals surface area (Å²) in [6.45, 7) is 3.97. The van der Waals surface area contributed by atoms with E-state index in [9.17, 15) is 31.9 Å². The molecule has 1 fully saturated rings. The van der Waals surface area contributed by atoms with Crippen molar-refractivity contribution in [3.05, 3.63) is 46.7 Å². The molecule has 0 bridgehead atoms. The monoisotopic (exact) mass is 536 g/mol. The van der Waals surface area contributed by atoms with Crippen LogP contribution in [0.1, 0.15) is 44.2 Å². The number of likely N-dealkylation sites (tertiary alicyclic amines) is 1. The van der Waals surface area contributed by atoms with Gasteiger partial charge in [-0.15, -0.1) is 0 Å². The fourth-order valence-corrected chi connectivity index (χ4v) is 4.17. The highest BCUT2D eigenvalue weighted by atomic mass is 32.1. The van der Waals surface area contributed by atoms with Crippen LogP contribution in [0.3, 0.4) is 0 Å². The Morgan fingerprint density at radius 3 is 2.46 bits per heavy atom. The predicted octanol–water partition coefficient (Wildman–Crippen LogP) is 3.72. The molecule has 2 aliphatic rings. The number of alkyl halides is 2. The number of halogens is 4. The molecule has 1 aromatic rings. The van der Waals surface area contributed by atoms with Crippen molar-refractivity contribution in [2.24, 2.45) is 16.1 Å². The number of rotatable bonds is 7. The highest BCUT2D eigenvalue weighted by Gasteiger charge is 2.40. The molecular weight excluding hydrogens is 508 g/mol. The molecule has 1 saturated heterocycles. The Morgan fingerprint density at radius 1 is 1.20 bits per heavy atom. The maximum Gasteiger partial charge on any atom is 0.312 e. The molecule has 1 N–H and O–H groups in total. The van der Waals surface area contributed by atoms with Crippen molar-refractivity contribution in [2.75, 3.05) is 13.1 Å². The van der Waals surface area contributed by atoms with E-state index in [0.717, 1.165) is 6.07 Å². The Kier molecular flexibility index (Phi) is 11.4. The summed E-state index contributed by atoms with van der Waals surface area (Å²) >= 11 is 0. The molecule has 3 rings (SSSR count). The molecule has 194 valence electrons. The van der Waals surface area contributed by atoms with E-state index in [1.165, 1.54) is 4.90 Å². The molecule has 2 heterocycles. The molecule has 0 spiro atoms. The van der Waals surface area contributed by atoms with Gasteiger partial charge in [0.2, 0.25) is 0 Å². The van der Waals surface area contributed by atoms with Crippen LogP contribution in [0, 0.1) is 17.6 Å². The number of benzene rings is 1. The van der Waals surface area contributed by atoms with Crippen molar-refractivity contribution < 1.29 is 31.9 Å². The number of nitrogens with one attached hydrogen (secondary N) is 1. The van der Waals surface area contributed by atoms with Gasteiger partial charge in [-0.05, 0) is 37.5 Å².